The molecule has 8 heteroatoms. The van der Waals surface area contributed by atoms with Crippen molar-refractivity contribution in [1.82, 2.24) is 15.1 Å². The molecule has 0 spiro atoms. The van der Waals surface area contributed by atoms with Gasteiger partial charge in [0.25, 0.3) is 5.91 Å². The van der Waals surface area contributed by atoms with Crippen molar-refractivity contribution in [3.8, 4) is 5.75 Å². The van der Waals surface area contributed by atoms with Crippen LogP contribution in [0.1, 0.15) is 21.7 Å². The number of nitrogens with one attached hydrogen (secondary N) is 1. The van der Waals surface area contributed by atoms with E-state index in [4.69, 9.17) is 21.1 Å². The van der Waals surface area contributed by atoms with Crippen molar-refractivity contribution in [2.45, 2.75) is 13.0 Å². The monoisotopic (exact) mass is 349 g/mol. The number of esters is 1. The number of carbonyl (C=O) groups excluding carboxylic acids is 2. The number of aromatic amines is 1. The van der Waals surface area contributed by atoms with E-state index >= 15 is 0 Å². The van der Waals surface area contributed by atoms with Crippen molar-refractivity contribution in [2.24, 2.45) is 0 Å². The average Bonchev–Trinajstić information content (AvgIpc) is 3.03. The van der Waals surface area contributed by atoms with Crippen LogP contribution in [0.5, 0.6) is 5.75 Å². The third-order valence-corrected chi connectivity index (χ3v) is 4.09. The maximum Gasteiger partial charge on any atom is 0.358 e. The third kappa shape index (κ3) is 3.35. The van der Waals surface area contributed by atoms with Crippen molar-refractivity contribution in [3.63, 3.8) is 0 Å². The first kappa shape index (κ1) is 16.3. The summed E-state index contributed by atoms with van der Waals surface area (Å²) >= 11 is 5.81. The number of nitrogens with zero attached hydrogens (tertiary/aromatic N) is 2. The molecule has 0 fully saturated rings. The van der Waals surface area contributed by atoms with Crippen LogP contribution in [0.25, 0.3) is 0 Å². The van der Waals surface area contributed by atoms with Gasteiger partial charge in [-0.25, -0.2) is 4.79 Å². The Kier molecular flexibility index (Phi) is 4.71. The van der Waals surface area contributed by atoms with Crippen LogP contribution in [0, 0.1) is 0 Å². The van der Waals surface area contributed by atoms with E-state index in [1.807, 2.05) is 0 Å². The molecule has 0 saturated carbocycles. The van der Waals surface area contributed by atoms with Gasteiger partial charge in [0.2, 0.25) is 0 Å². The Balaban J connectivity index is 1.60. The topological polar surface area (TPSA) is 84.5 Å². The van der Waals surface area contributed by atoms with E-state index in [0.717, 1.165) is 11.3 Å². The minimum atomic E-state index is -0.474. The summed E-state index contributed by atoms with van der Waals surface area (Å²) in [4.78, 5) is 25.6. The molecule has 0 bridgehead atoms. The van der Waals surface area contributed by atoms with Gasteiger partial charge in [-0.15, -0.1) is 0 Å². The first-order valence-corrected chi connectivity index (χ1v) is 7.77. The fraction of sp³-hybridized carbons (Fsp3) is 0.312. The van der Waals surface area contributed by atoms with E-state index in [1.165, 1.54) is 7.11 Å². The molecular formula is C16H16ClN3O4. The first-order valence-electron chi connectivity index (χ1n) is 7.39. The number of hydrogen-bond acceptors (Lipinski definition) is 5. The molecule has 1 aliphatic heterocycles. The van der Waals surface area contributed by atoms with Crippen molar-refractivity contribution in [1.29, 1.82) is 0 Å². The standard InChI is InChI=1S/C16H16ClN3O4/c1-23-16(22)15-12-6-7-20(8-13(12)18-19-15)14(21)9-24-11-4-2-10(17)3-5-11/h2-5H,6-9H2,1H3,(H,18,19). The van der Waals surface area contributed by atoms with Crippen LogP contribution >= 0.6 is 11.6 Å². The molecule has 2 aromatic rings. The van der Waals surface area contributed by atoms with Crippen molar-refractivity contribution >= 4 is 23.5 Å². The molecule has 24 heavy (non-hydrogen) atoms. The Bertz CT molecular complexity index is 757. The number of methoxy groups -OCH3 is 1. The van der Waals surface area contributed by atoms with Crippen LogP contribution in [-0.2, 0) is 22.5 Å². The average molecular weight is 350 g/mol. The minimum Gasteiger partial charge on any atom is -0.484 e. The number of halogens is 1. The Morgan fingerprint density at radius 1 is 1.33 bits per heavy atom. The summed E-state index contributed by atoms with van der Waals surface area (Å²) in [6.07, 6.45) is 0.545. The molecule has 1 N–H and O–H groups in total. The molecule has 1 aliphatic rings. The number of fused-ring (bicyclic) bond motifs is 1. The lowest BCUT2D eigenvalue weighted by Gasteiger charge is -2.26. The molecule has 0 aliphatic carbocycles. The number of carbonyl (C=O) groups is 2. The maximum absolute atomic E-state index is 12.3. The van der Waals surface area contributed by atoms with E-state index in [9.17, 15) is 9.59 Å². The number of aromatic nitrogens is 2. The summed E-state index contributed by atoms with van der Waals surface area (Å²) in [6, 6.07) is 6.82. The van der Waals surface area contributed by atoms with Crippen LogP contribution in [-0.4, -0.2) is 47.2 Å². The normalized spacial score (nSPS) is 13.3. The van der Waals surface area contributed by atoms with Gasteiger partial charge in [-0.1, -0.05) is 11.6 Å². The molecule has 7 nitrogen and oxygen atoms in total. The van der Waals surface area contributed by atoms with Crippen LogP contribution in [0.4, 0.5) is 0 Å². The Hall–Kier alpha value is -2.54. The summed E-state index contributed by atoms with van der Waals surface area (Å²) < 4.78 is 10.2. The molecule has 1 amide bonds. The molecule has 0 atom stereocenters. The van der Waals surface area contributed by atoms with Gasteiger partial charge in [0, 0.05) is 17.1 Å². The fourth-order valence-corrected chi connectivity index (χ4v) is 2.69. The highest BCUT2D eigenvalue weighted by Crippen LogP contribution is 2.21. The number of benzene rings is 1. The lowest BCUT2D eigenvalue weighted by molar-refractivity contribution is -0.134. The quantitative estimate of drug-likeness (QED) is 0.851. The number of ether oxygens (including phenoxy) is 2. The van der Waals surface area contributed by atoms with Gasteiger partial charge in [-0.05, 0) is 30.7 Å². The predicted molar refractivity (Wildman–Crippen MR) is 86.0 cm³/mol. The SMILES string of the molecule is COC(=O)c1n[nH]c2c1CCN(C(=O)COc1ccc(Cl)cc1)C2. The summed E-state index contributed by atoms with van der Waals surface area (Å²) in [5.41, 5.74) is 1.85. The number of H-pyrrole nitrogens is 1. The zero-order valence-corrected chi connectivity index (χ0v) is 13.8. The van der Waals surface area contributed by atoms with Gasteiger partial charge in [0.1, 0.15) is 5.75 Å². The molecule has 2 heterocycles. The largest absolute Gasteiger partial charge is 0.484 e. The smallest absolute Gasteiger partial charge is 0.358 e. The van der Waals surface area contributed by atoms with Gasteiger partial charge < -0.3 is 14.4 Å². The van der Waals surface area contributed by atoms with Crippen LogP contribution in [0.15, 0.2) is 24.3 Å². The Morgan fingerprint density at radius 2 is 2.08 bits per heavy atom. The predicted octanol–water partition coefficient (Wildman–Crippen LogP) is 1.81. The molecule has 0 radical (unpaired) electrons. The van der Waals surface area contributed by atoms with Gasteiger partial charge >= 0.3 is 5.97 Å². The van der Waals surface area contributed by atoms with Crippen molar-refractivity contribution in [3.05, 3.63) is 46.2 Å². The zero-order valence-electron chi connectivity index (χ0n) is 13.0. The van der Waals surface area contributed by atoms with Gasteiger partial charge in [-0.2, -0.15) is 5.10 Å². The van der Waals surface area contributed by atoms with E-state index in [-0.39, 0.29) is 18.2 Å². The van der Waals surface area contributed by atoms with Crippen LogP contribution < -0.4 is 4.74 Å². The summed E-state index contributed by atoms with van der Waals surface area (Å²) in [6.45, 7) is 0.802. The van der Waals surface area contributed by atoms with E-state index in [2.05, 4.69) is 10.2 Å². The van der Waals surface area contributed by atoms with Crippen molar-refractivity contribution < 1.29 is 19.1 Å². The molecular weight excluding hydrogens is 334 g/mol. The summed E-state index contributed by atoms with van der Waals surface area (Å²) in [5, 5.41) is 7.40. The lowest BCUT2D eigenvalue weighted by Crippen LogP contribution is -2.39. The Morgan fingerprint density at radius 3 is 2.79 bits per heavy atom. The summed E-state index contributed by atoms with van der Waals surface area (Å²) in [5.74, 6) is -0.0249. The Labute approximate surface area is 143 Å². The lowest BCUT2D eigenvalue weighted by atomic mass is 10.0. The molecule has 0 saturated heterocycles. The van der Waals surface area contributed by atoms with E-state index < -0.39 is 5.97 Å². The molecule has 126 valence electrons. The second-order valence-electron chi connectivity index (χ2n) is 5.33. The number of rotatable bonds is 4. The number of amides is 1. The van der Waals surface area contributed by atoms with Crippen LogP contribution in [0.3, 0.4) is 0 Å². The number of hydrogen-bond donors (Lipinski definition) is 1. The molecule has 0 unspecified atom stereocenters. The second-order valence-corrected chi connectivity index (χ2v) is 5.77. The van der Waals surface area contributed by atoms with Gasteiger partial charge in [0.05, 0.1) is 19.3 Å². The zero-order chi connectivity index (χ0) is 17.1. The first-order chi connectivity index (χ1) is 11.6. The van der Waals surface area contributed by atoms with Gasteiger partial charge in [0.15, 0.2) is 12.3 Å². The highest BCUT2D eigenvalue weighted by atomic mass is 35.5. The maximum atomic E-state index is 12.3. The molecule has 1 aromatic carbocycles. The van der Waals surface area contributed by atoms with Crippen molar-refractivity contribution in [2.75, 3.05) is 20.3 Å². The van der Waals surface area contributed by atoms with Gasteiger partial charge in [-0.3, -0.25) is 9.89 Å². The highest BCUT2D eigenvalue weighted by molar-refractivity contribution is 6.30. The fourth-order valence-electron chi connectivity index (χ4n) is 2.56. The molecule has 3 rings (SSSR count). The second kappa shape index (κ2) is 6.92. The third-order valence-electron chi connectivity index (χ3n) is 3.84. The minimum absolute atomic E-state index is 0.0606. The van der Waals surface area contributed by atoms with E-state index in [1.54, 1.807) is 29.2 Å². The summed E-state index contributed by atoms with van der Waals surface area (Å²) in [7, 11) is 1.32. The van der Waals surface area contributed by atoms with Crippen LogP contribution in [0.2, 0.25) is 5.02 Å². The highest BCUT2D eigenvalue weighted by Gasteiger charge is 2.27. The molecule has 1 aromatic heterocycles. The van der Waals surface area contributed by atoms with E-state index in [0.29, 0.717) is 30.3 Å².